The topological polar surface area (TPSA) is 55.6 Å². The van der Waals surface area contributed by atoms with Crippen LogP contribution in [-0.2, 0) is 24.1 Å². The van der Waals surface area contributed by atoms with Crippen molar-refractivity contribution < 1.29 is 13.9 Å². The summed E-state index contributed by atoms with van der Waals surface area (Å²) in [4.78, 5) is 19.6. The van der Waals surface area contributed by atoms with Gasteiger partial charge in [0.1, 0.15) is 11.5 Å². The number of aryl methyl sites for hydroxylation is 2. The van der Waals surface area contributed by atoms with Crippen LogP contribution in [0.1, 0.15) is 53.2 Å². The Bertz CT molecular complexity index is 721. The standard InChI is InChI=1S/C20H24N2O3/c23-20(19-10-9-15-5-1-2-8-18(15)21-19)22(13-16-6-3-11-24-16)14-17-7-4-12-25-17/h3,6,9-11,17H,1-2,4-5,7-8,12-14H2/t17-/m1/s1. The number of rotatable bonds is 5. The number of ether oxygens (including phenoxy) is 1. The lowest BCUT2D eigenvalue weighted by Gasteiger charge is -2.25. The molecule has 0 radical (unpaired) electrons. The minimum atomic E-state index is -0.0414. The van der Waals surface area contributed by atoms with Crippen molar-refractivity contribution in [2.75, 3.05) is 13.2 Å². The maximum atomic E-state index is 13.1. The maximum absolute atomic E-state index is 13.1. The summed E-state index contributed by atoms with van der Waals surface area (Å²) in [6, 6.07) is 7.69. The summed E-state index contributed by atoms with van der Waals surface area (Å²) in [6.45, 7) is 1.81. The van der Waals surface area contributed by atoms with Gasteiger partial charge in [0.2, 0.25) is 0 Å². The van der Waals surface area contributed by atoms with Gasteiger partial charge >= 0.3 is 0 Å². The van der Waals surface area contributed by atoms with E-state index in [-0.39, 0.29) is 12.0 Å². The summed E-state index contributed by atoms with van der Waals surface area (Å²) in [6.07, 6.45) is 8.22. The van der Waals surface area contributed by atoms with Crippen molar-refractivity contribution >= 4 is 5.91 Å². The van der Waals surface area contributed by atoms with E-state index in [1.54, 1.807) is 6.26 Å². The average molecular weight is 340 g/mol. The number of hydrogen-bond donors (Lipinski definition) is 0. The molecule has 0 N–H and O–H groups in total. The molecule has 0 unspecified atom stereocenters. The summed E-state index contributed by atoms with van der Waals surface area (Å²) in [5, 5.41) is 0. The van der Waals surface area contributed by atoms with Gasteiger partial charge in [0.25, 0.3) is 5.91 Å². The van der Waals surface area contributed by atoms with E-state index in [2.05, 4.69) is 11.1 Å². The van der Waals surface area contributed by atoms with E-state index < -0.39 is 0 Å². The van der Waals surface area contributed by atoms with Gasteiger partial charge in [-0.25, -0.2) is 4.98 Å². The van der Waals surface area contributed by atoms with Crippen LogP contribution in [0.15, 0.2) is 34.9 Å². The molecule has 5 heteroatoms. The molecular weight excluding hydrogens is 316 g/mol. The molecule has 0 aromatic carbocycles. The third-order valence-electron chi connectivity index (χ3n) is 5.06. The minimum absolute atomic E-state index is 0.0414. The SMILES string of the molecule is O=C(c1ccc2c(n1)CCCC2)N(Cc1ccco1)C[C@H]1CCCO1. The fourth-order valence-corrected chi connectivity index (χ4v) is 3.71. The second-order valence-corrected chi connectivity index (χ2v) is 6.91. The van der Waals surface area contributed by atoms with Gasteiger partial charge in [0.15, 0.2) is 0 Å². The summed E-state index contributed by atoms with van der Waals surface area (Å²) >= 11 is 0. The van der Waals surface area contributed by atoms with E-state index in [1.165, 1.54) is 12.0 Å². The molecule has 2 aromatic rings. The van der Waals surface area contributed by atoms with Gasteiger partial charge in [0, 0.05) is 18.8 Å². The fraction of sp³-hybridized carbons (Fsp3) is 0.500. The summed E-state index contributed by atoms with van der Waals surface area (Å²) in [5.41, 5.74) is 2.91. The predicted octanol–water partition coefficient (Wildman–Crippen LogP) is 3.37. The number of pyridine rings is 1. The fourth-order valence-electron chi connectivity index (χ4n) is 3.71. The Morgan fingerprint density at radius 3 is 2.92 bits per heavy atom. The van der Waals surface area contributed by atoms with E-state index in [1.807, 2.05) is 23.1 Å². The van der Waals surface area contributed by atoms with E-state index in [4.69, 9.17) is 9.15 Å². The second kappa shape index (κ2) is 7.40. The van der Waals surface area contributed by atoms with Crippen LogP contribution in [0.3, 0.4) is 0 Å². The number of hydrogen-bond acceptors (Lipinski definition) is 4. The molecule has 3 heterocycles. The van der Waals surface area contributed by atoms with E-state index in [9.17, 15) is 4.79 Å². The molecule has 1 saturated heterocycles. The Hall–Kier alpha value is -2.14. The largest absolute Gasteiger partial charge is 0.467 e. The molecule has 25 heavy (non-hydrogen) atoms. The van der Waals surface area contributed by atoms with Crippen LogP contribution < -0.4 is 0 Å². The van der Waals surface area contributed by atoms with Crippen LogP contribution in [0.4, 0.5) is 0 Å². The quantitative estimate of drug-likeness (QED) is 0.837. The van der Waals surface area contributed by atoms with Gasteiger partial charge in [0.05, 0.1) is 18.9 Å². The van der Waals surface area contributed by atoms with Crippen molar-refractivity contribution in [1.82, 2.24) is 9.88 Å². The lowest BCUT2D eigenvalue weighted by atomic mass is 9.96. The highest BCUT2D eigenvalue weighted by Crippen LogP contribution is 2.21. The predicted molar refractivity (Wildman–Crippen MR) is 93.3 cm³/mol. The summed E-state index contributed by atoms with van der Waals surface area (Å²) in [5.74, 6) is 0.740. The monoisotopic (exact) mass is 340 g/mol. The molecule has 0 spiro atoms. The number of aromatic nitrogens is 1. The molecule has 1 aliphatic carbocycles. The lowest BCUT2D eigenvalue weighted by molar-refractivity contribution is 0.0487. The number of nitrogens with zero attached hydrogens (tertiary/aromatic N) is 2. The lowest BCUT2D eigenvalue weighted by Crippen LogP contribution is -2.37. The van der Waals surface area contributed by atoms with Gasteiger partial charge < -0.3 is 14.1 Å². The third kappa shape index (κ3) is 3.76. The van der Waals surface area contributed by atoms with Crippen molar-refractivity contribution in [2.24, 2.45) is 0 Å². The van der Waals surface area contributed by atoms with Gasteiger partial charge in [-0.3, -0.25) is 4.79 Å². The zero-order chi connectivity index (χ0) is 17.1. The van der Waals surface area contributed by atoms with E-state index in [0.717, 1.165) is 50.2 Å². The van der Waals surface area contributed by atoms with Crippen molar-refractivity contribution in [2.45, 2.75) is 51.2 Å². The number of amides is 1. The molecule has 0 bridgehead atoms. The zero-order valence-corrected chi connectivity index (χ0v) is 14.4. The molecule has 1 fully saturated rings. The van der Waals surface area contributed by atoms with Crippen LogP contribution in [0.2, 0.25) is 0 Å². The first kappa shape index (κ1) is 16.3. The number of carbonyl (C=O) groups is 1. The van der Waals surface area contributed by atoms with Gasteiger partial charge in [-0.05, 0) is 62.3 Å². The van der Waals surface area contributed by atoms with Crippen molar-refractivity contribution in [3.8, 4) is 0 Å². The Morgan fingerprint density at radius 1 is 1.20 bits per heavy atom. The van der Waals surface area contributed by atoms with Crippen molar-refractivity contribution in [3.63, 3.8) is 0 Å². The minimum Gasteiger partial charge on any atom is -0.467 e. The van der Waals surface area contributed by atoms with Crippen molar-refractivity contribution in [1.29, 1.82) is 0 Å². The molecular formula is C20H24N2O3. The van der Waals surface area contributed by atoms with E-state index in [0.29, 0.717) is 18.8 Å². The zero-order valence-electron chi connectivity index (χ0n) is 14.4. The molecule has 2 aliphatic rings. The number of furan rings is 1. The van der Waals surface area contributed by atoms with Crippen LogP contribution in [-0.4, -0.2) is 35.0 Å². The number of carbonyl (C=O) groups excluding carboxylic acids is 1. The van der Waals surface area contributed by atoms with Crippen LogP contribution in [0, 0.1) is 0 Å². The van der Waals surface area contributed by atoms with Gasteiger partial charge in [-0.2, -0.15) is 0 Å². The van der Waals surface area contributed by atoms with Gasteiger partial charge in [-0.1, -0.05) is 6.07 Å². The molecule has 1 aliphatic heterocycles. The normalized spacial score (nSPS) is 19.6. The Kier molecular flexibility index (Phi) is 4.83. The molecule has 132 valence electrons. The first-order valence-corrected chi connectivity index (χ1v) is 9.21. The third-order valence-corrected chi connectivity index (χ3v) is 5.06. The highest BCUT2D eigenvalue weighted by molar-refractivity contribution is 5.92. The molecule has 4 rings (SSSR count). The van der Waals surface area contributed by atoms with E-state index >= 15 is 0 Å². The summed E-state index contributed by atoms with van der Waals surface area (Å²) in [7, 11) is 0. The highest BCUT2D eigenvalue weighted by atomic mass is 16.5. The first-order valence-electron chi connectivity index (χ1n) is 9.21. The second-order valence-electron chi connectivity index (χ2n) is 6.91. The number of fused-ring (bicyclic) bond motifs is 1. The Morgan fingerprint density at radius 2 is 2.12 bits per heavy atom. The van der Waals surface area contributed by atoms with Crippen LogP contribution in [0.25, 0.3) is 0 Å². The molecule has 5 nitrogen and oxygen atoms in total. The molecule has 0 saturated carbocycles. The summed E-state index contributed by atoms with van der Waals surface area (Å²) < 4.78 is 11.2. The average Bonchev–Trinajstić information content (AvgIpc) is 3.34. The first-order chi connectivity index (χ1) is 12.3. The van der Waals surface area contributed by atoms with Crippen LogP contribution >= 0.6 is 0 Å². The smallest absolute Gasteiger partial charge is 0.272 e. The molecule has 1 atom stereocenters. The Labute approximate surface area is 148 Å². The molecule has 1 amide bonds. The maximum Gasteiger partial charge on any atom is 0.272 e. The Balaban J connectivity index is 1.55. The molecule has 2 aromatic heterocycles. The highest BCUT2D eigenvalue weighted by Gasteiger charge is 2.25. The van der Waals surface area contributed by atoms with Gasteiger partial charge in [-0.15, -0.1) is 0 Å². The van der Waals surface area contributed by atoms with Crippen LogP contribution in [0.5, 0.6) is 0 Å². The van der Waals surface area contributed by atoms with Crippen molar-refractivity contribution in [3.05, 3.63) is 53.2 Å².